The van der Waals surface area contributed by atoms with Gasteiger partial charge in [0, 0.05) is 25.3 Å². The number of nitrogens with zero attached hydrogens (tertiary/aromatic N) is 2. The van der Waals surface area contributed by atoms with Crippen molar-refractivity contribution >= 4 is 0 Å². The minimum atomic E-state index is 0.772. The molecular formula is C16H29N3. The van der Waals surface area contributed by atoms with Gasteiger partial charge in [0.25, 0.3) is 0 Å². The molecule has 108 valence electrons. The highest BCUT2D eigenvalue weighted by Crippen LogP contribution is 2.19. The van der Waals surface area contributed by atoms with Gasteiger partial charge >= 0.3 is 0 Å². The lowest BCUT2D eigenvalue weighted by Gasteiger charge is -2.02. The van der Waals surface area contributed by atoms with Crippen LogP contribution in [-0.2, 0) is 13.1 Å². The van der Waals surface area contributed by atoms with E-state index in [9.17, 15) is 0 Å². The first-order valence-electron chi connectivity index (χ1n) is 8.14. The predicted octanol–water partition coefficient (Wildman–Crippen LogP) is 3.89. The normalized spacial score (nSPS) is 15.0. The summed E-state index contributed by atoms with van der Waals surface area (Å²) in [6.07, 6.45) is 14.4. The maximum Gasteiger partial charge on any atom is 0.0762 e. The van der Waals surface area contributed by atoms with E-state index in [0.29, 0.717) is 0 Å². The van der Waals surface area contributed by atoms with Gasteiger partial charge in [-0.05, 0) is 25.3 Å². The zero-order valence-electron chi connectivity index (χ0n) is 12.4. The van der Waals surface area contributed by atoms with Gasteiger partial charge in [0.15, 0.2) is 0 Å². The molecule has 1 aromatic rings. The molecule has 1 N–H and O–H groups in total. The van der Waals surface area contributed by atoms with Gasteiger partial charge in [-0.15, -0.1) is 0 Å². The zero-order valence-corrected chi connectivity index (χ0v) is 12.4. The number of nitrogens with one attached hydrogen (secondary N) is 1. The van der Waals surface area contributed by atoms with E-state index < -0.39 is 0 Å². The van der Waals surface area contributed by atoms with Crippen molar-refractivity contribution in [2.75, 3.05) is 0 Å². The molecule has 1 aliphatic rings. The summed E-state index contributed by atoms with van der Waals surface area (Å²) in [5.41, 5.74) is 1.19. The van der Waals surface area contributed by atoms with E-state index in [1.54, 1.807) is 0 Å². The van der Waals surface area contributed by atoms with Crippen LogP contribution in [0.25, 0.3) is 0 Å². The number of rotatable bonds is 11. The van der Waals surface area contributed by atoms with Crippen molar-refractivity contribution in [3.8, 4) is 0 Å². The highest BCUT2D eigenvalue weighted by molar-refractivity contribution is 4.99. The summed E-state index contributed by atoms with van der Waals surface area (Å²) in [5, 5.41) is 8.12. The van der Waals surface area contributed by atoms with Crippen LogP contribution in [0.3, 0.4) is 0 Å². The van der Waals surface area contributed by atoms with E-state index in [0.717, 1.165) is 19.1 Å². The maximum absolute atomic E-state index is 4.61. The molecule has 2 rings (SSSR count). The summed E-state index contributed by atoms with van der Waals surface area (Å²) in [4.78, 5) is 0. The minimum Gasteiger partial charge on any atom is -0.308 e. The number of unbranched alkanes of at least 4 members (excludes halogenated alkanes) is 6. The predicted molar refractivity (Wildman–Crippen MR) is 80.1 cm³/mol. The molecule has 0 saturated heterocycles. The summed E-state index contributed by atoms with van der Waals surface area (Å²) in [6, 6.07) is 2.92. The molecule has 1 aromatic heterocycles. The third kappa shape index (κ3) is 6.24. The van der Waals surface area contributed by atoms with Gasteiger partial charge in [0.05, 0.1) is 5.69 Å². The molecule has 3 heteroatoms. The highest BCUT2D eigenvalue weighted by atomic mass is 15.3. The van der Waals surface area contributed by atoms with Gasteiger partial charge in [0.2, 0.25) is 0 Å². The molecule has 3 nitrogen and oxygen atoms in total. The van der Waals surface area contributed by atoms with Gasteiger partial charge in [-0.2, -0.15) is 5.10 Å². The molecule has 1 saturated carbocycles. The van der Waals surface area contributed by atoms with Crippen molar-refractivity contribution in [3.63, 3.8) is 0 Å². The van der Waals surface area contributed by atoms with Gasteiger partial charge < -0.3 is 5.32 Å². The fourth-order valence-electron chi connectivity index (χ4n) is 2.39. The molecule has 0 aromatic carbocycles. The molecule has 1 heterocycles. The molecule has 0 spiro atoms. The third-order valence-corrected chi connectivity index (χ3v) is 3.84. The maximum atomic E-state index is 4.61. The lowest BCUT2D eigenvalue weighted by Crippen LogP contribution is -2.15. The van der Waals surface area contributed by atoms with Crippen molar-refractivity contribution in [2.45, 2.75) is 83.8 Å². The summed E-state index contributed by atoms with van der Waals surface area (Å²) < 4.78 is 2.11. The van der Waals surface area contributed by atoms with Crippen molar-refractivity contribution in [2.24, 2.45) is 0 Å². The molecule has 0 unspecified atom stereocenters. The van der Waals surface area contributed by atoms with Crippen LogP contribution in [0, 0.1) is 0 Å². The van der Waals surface area contributed by atoms with Crippen molar-refractivity contribution in [3.05, 3.63) is 18.0 Å². The standard InChI is InChI=1S/C16H29N3/c1-2-3-4-5-6-7-8-12-19-13-11-16(18-19)14-17-15-9-10-15/h11,13,15,17H,2-10,12,14H2,1H3. The number of hydrogen-bond acceptors (Lipinski definition) is 2. The van der Waals surface area contributed by atoms with Gasteiger partial charge in [-0.3, -0.25) is 4.68 Å². The average molecular weight is 263 g/mol. The Morgan fingerprint density at radius 2 is 1.89 bits per heavy atom. The van der Waals surface area contributed by atoms with E-state index in [1.165, 1.54) is 63.5 Å². The first-order chi connectivity index (χ1) is 9.38. The number of aromatic nitrogens is 2. The fourth-order valence-corrected chi connectivity index (χ4v) is 2.39. The molecule has 0 aliphatic heterocycles. The average Bonchev–Trinajstić information content (AvgIpc) is 3.15. The minimum absolute atomic E-state index is 0.772. The van der Waals surface area contributed by atoms with Crippen molar-refractivity contribution < 1.29 is 0 Å². The van der Waals surface area contributed by atoms with E-state index in [1.807, 2.05) is 0 Å². The van der Waals surface area contributed by atoms with E-state index >= 15 is 0 Å². The van der Waals surface area contributed by atoms with Crippen molar-refractivity contribution in [1.82, 2.24) is 15.1 Å². The second kappa shape index (κ2) is 8.36. The highest BCUT2D eigenvalue weighted by Gasteiger charge is 2.20. The SMILES string of the molecule is CCCCCCCCCn1ccc(CNC2CC2)n1. The van der Waals surface area contributed by atoms with E-state index in [2.05, 4.69) is 34.3 Å². The molecule has 1 aliphatic carbocycles. The lowest BCUT2D eigenvalue weighted by molar-refractivity contribution is 0.517. The fraction of sp³-hybridized carbons (Fsp3) is 0.812. The lowest BCUT2D eigenvalue weighted by atomic mass is 10.1. The Balaban J connectivity index is 1.50. The molecule has 0 bridgehead atoms. The Kier molecular flexibility index (Phi) is 6.42. The van der Waals surface area contributed by atoms with Crippen LogP contribution in [0.5, 0.6) is 0 Å². The summed E-state index contributed by atoms with van der Waals surface area (Å²) >= 11 is 0. The monoisotopic (exact) mass is 263 g/mol. The third-order valence-electron chi connectivity index (χ3n) is 3.84. The summed E-state index contributed by atoms with van der Waals surface area (Å²) in [7, 11) is 0. The Morgan fingerprint density at radius 3 is 2.63 bits per heavy atom. The second-order valence-corrected chi connectivity index (χ2v) is 5.85. The molecule has 0 amide bonds. The van der Waals surface area contributed by atoms with Gasteiger partial charge in [-0.1, -0.05) is 45.4 Å². The van der Waals surface area contributed by atoms with Gasteiger partial charge in [0.1, 0.15) is 0 Å². The molecule has 19 heavy (non-hydrogen) atoms. The number of hydrogen-bond donors (Lipinski definition) is 1. The van der Waals surface area contributed by atoms with Crippen LogP contribution >= 0.6 is 0 Å². The Morgan fingerprint density at radius 1 is 1.16 bits per heavy atom. The topological polar surface area (TPSA) is 29.9 Å². The largest absolute Gasteiger partial charge is 0.308 e. The summed E-state index contributed by atoms with van der Waals surface area (Å²) in [5.74, 6) is 0. The first kappa shape index (κ1) is 14.6. The second-order valence-electron chi connectivity index (χ2n) is 5.85. The van der Waals surface area contributed by atoms with Crippen LogP contribution < -0.4 is 5.32 Å². The Hall–Kier alpha value is -0.830. The molecule has 0 radical (unpaired) electrons. The van der Waals surface area contributed by atoms with Crippen LogP contribution in [-0.4, -0.2) is 15.8 Å². The van der Waals surface area contributed by atoms with Crippen LogP contribution in [0.2, 0.25) is 0 Å². The molecule has 0 atom stereocenters. The molecule has 1 fully saturated rings. The quantitative estimate of drug-likeness (QED) is 0.614. The molecular weight excluding hydrogens is 234 g/mol. The van der Waals surface area contributed by atoms with E-state index in [4.69, 9.17) is 0 Å². The van der Waals surface area contributed by atoms with Crippen LogP contribution in [0.1, 0.15) is 70.4 Å². The van der Waals surface area contributed by atoms with Crippen LogP contribution in [0.15, 0.2) is 12.3 Å². The Labute approximate surface area is 117 Å². The smallest absolute Gasteiger partial charge is 0.0762 e. The van der Waals surface area contributed by atoms with E-state index in [-0.39, 0.29) is 0 Å². The van der Waals surface area contributed by atoms with Gasteiger partial charge in [-0.25, -0.2) is 0 Å². The van der Waals surface area contributed by atoms with Crippen LogP contribution in [0.4, 0.5) is 0 Å². The van der Waals surface area contributed by atoms with Crippen molar-refractivity contribution in [1.29, 1.82) is 0 Å². The summed E-state index contributed by atoms with van der Waals surface area (Å²) in [6.45, 7) is 4.29. The zero-order chi connectivity index (χ0) is 13.3. The Bertz CT molecular complexity index is 342. The first-order valence-corrected chi connectivity index (χ1v) is 8.14. The number of aryl methyl sites for hydroxylation is 1.